The molecule has 1 heterocycles. The van der Waals surface area contributed by atoms with Gasteiger partial charge in [0.2, 0.25) is 0 Å². The molecule has 1 aliphatic heterocycles. The maximum atomic E-state index is 2.37. The Labute approximate surface area is 171 Å². The minimum absolute atomic E-state index is 0.177. The van der Waals surface area contributed by atoms with Gasteiger partial charge in [0.05, 0.1) is 0 Å². The SMILES string of the molecule is c1ccc(P2P(c3ccccc3)P(c3ccccc3)P2c2ccccc2)cc1. The first kappa shape index (κ1) is 18.6. The third-order valence-corrected chi connectivity index (χ3v) is 37.0. The molecule has 28 heavy (non-hydrogen) atoms. The van der Waals surface area contributed by atoms with Crippen molar-refractivity contribution in [2.24, 2.45) is 0 Å². The van der Waals surface area contributed by atoms with Gasteiger partial charge in [-0.2, -0.15) is 0 Å². The van der Waals surface area contributed by atoms with E-state index in [4.69, 9.17) is 0 Å². The Morgan fingerprint density at radius 2 is 0.429 bits per heavy atom. The van der Waals surface area contributed by atoms with Gasteiger partial charge >= 0.3 is 0 Å². The van der Waals surface area contributed by atoms with Gasteiger partial charge in [-0.1, -0.05) is 121 Å². The molecule has 0 unspecified atom stereocenters. The molecule has 1 aliphatic rings. The molecule has 0 spiro atoms. The third-order valence-electron chi connectivity index (χ3n) is 4.67. The van der Waals surface area contributed by atoms with Crippen molar-refractivity contribution in [3.05, 3.63) is 121 Å². The van der Waals surface area contributed by atoms with Crippen LogP contribution in [0, 0.1) is 0 Å². The molecule has 0 atom stereocenters. The first-order valence-corrected chi connectivity index (χ1v) is 17.5. The lowest BCUT2D eigenvalue weighted by Gasteiger charge is -2.53. The van der Waals surface area contributed by atoms with Crippen molar-refractivity contribution in [3.63, 3.8) is 0 Å². The number of hydrogen-bond acceptors (Lipinski definition) is 0. The van der Waals surface area contributed by atoms with Gasteiger partial charge in [-0.15, -0.1) is 0 Å². The molecule has 0 radical (unpaired) electrons. The van der Waals surface area contributed by atoms with Gasteiger partial charge in [0.25, 0.3) is 0 Å². The highest BCUT2D eigenvalue weighted by Crippen LogP contribution is 3.18. The molecule has 0 nitrogen and oxygen atoms in total. The predicted octanol–water partition coefficient (Wildman–Crippen LogP) is 6.89. The van der Waals surface area contributed by atoms with Crippen LogP contribution in [-0.2, 0) is 0 Å². The van der Waals surface area contributed by atoms with E-state index in [1.165, 1.54) is 0 Å². The fourth-order valence-electron chi connectivity index (χ4n) is 3.41. The lowest BCUT2D eigenvalue weighted by molar-refractivity contribution is 1.77. The standard InChI is InChI=1S/C24H20P4/c1-5-13-21(14-6-1)25-26(22-15-7-2-8-16-22)28(24-19-11-4-12-20-24)27(25)23-17-9-3-10-18-23/h1-20H. The molecule has 0 N–H and O–H groups in total. The van der Waals surface area contributed by atoms with Gasteiger partial charge in [-0.25, -0.2) is 0 Å². The summed E-state index contributed by atoms with van der Waals surface area (Å²) in [6, 6.07) is 45.3. The van der Waals surface area contributed by atoms with E-state index in [0.717, 1.165) is 0 Å². The van der Waals surface area contributed by atoms with Crippen molar-refractivity contribution in [3.8, 4) is 0 Å². The van der Waals surface area contributed by atoms with Crippen molar-refractivity contribution < 1.29 is 0 Å². The topological polar surface area (TPSA) is 0 Å². The summed E-state index contributed by atoms with van der Waals surface area (Å²) in [6.07, 6.45) is 0. The van der Waals surface area contributed by atoms with Crippen molar-refractivity contribution in [2.75, 3.05) is 0 Å². The second kappa shape index (κ2) is 8.54. The number of benzene rings is 4. The van der Waals surface area contributed by atoms with E-state index in [1.54, 1.807) is 21.2 Å². The molecular formula is C24H20P4. The highest BCUT2D eigenvalue weighted by atomic mass is 33.0. The highest BCUT2D eigenvalue weighted by Gasteiger charge is 2.52. The van der Waals surface area contributed by atoms with Gasteiger partial charge in [0, 0.05) is 0 Å². The summed E-state index contributed by atoms with van der Waals surface area (Å²) in [5, 5.41) is 6.32. The highest BCUT2D eigenvalue weighted by molar-refractivity contribution is 9.13. The van der Waals surface area contributed by atoms with Crippen molar-refractivity contribution in [1.82, 2.24) is 0 Å². The van der Waals surface area contributed by atoms with Gasteiger partial charge in [0.1, 0.15) is 0 Å². The maximum absolute atomic E-state index is 2.37. The van der Waals surface area contributed by atoms with Crippen LogP contribution in [0.3, 0.4) is 0 Å². The minimum atomic E-state index is -0.177. The molecule has 5 rings (SSSR count). The molecule has 0 aliphatic carbocycles. The van der Waals surface area contributed by atoms with E-state index in [-0.39, 0.29) is 29.2 Å². The zero-order valence-electron chi connectivity index (χ0n) is 15.3. The van der Waals surface area contributed by atoms with E-state index in [0.29, 0.717) is 0 Å². The number of hydrogen-bond donors (Lipinski definition) is 0. The van der Waals surface area contributed by atoms with Crippen LogP contribution in [-0.4, -0.2) is 0 Å². The zero-order valence-corrected chi connectivity index (χ0v) is 18.9. The Morgan fingerprint density at radius 1 is 0.250 bits per heavy atom. The molecule has 0 aromatic heterocycles. The monoisotopic (exact) mass is 432 g/mol. The molecule has 1 saturated heterocycles. The molecule has 4 heteroatoms. The Kier molecular flexibility index (Phi) is 5.68. The van der Waals surface area contributed by atoms with Gasteiger partial charge < -0.3 is 0 Å². The Morgan fingerprint density at radius 3 is 0.607 bits per heavy atom. The fourth-order valence-corrected chi connectivity index (χ4v) is 41.1. The van der Waals surface area contributed by atoms with Crippen molar-refractivity contribution >= 4 is 50.4 Å². The van der Waals surface area contributed by atoms with Gasteiger partial charge in [-0.3, -0.25) is 0 Å². The second-order valence-corrected chi connectivity index (χ2v) is 24.3. The number of rotatable bonds is 4. The van der Waals surface area contributed by atoms with E-state index < -0.39 is 0 Å². The average Bonchev–Trinajstić information content (AvgIpc) is 2.76. The van der Waals surface area contributed by atoms with Crippen LogP contribution >= 0.6 is 29.2 Å². The summed E-state index contributed by atoms with van der Waals surface area (Å²) in [7, 11) is -0.707. The maximum Gasteiger partial charge on any atom is -0.00563 e. The van der Waals surface area contributed by atoms with Crippen molar-refractivity contribution in [2.45, 2.75) is 0 Å². The normalized spacial score (nSPS) is 23.7. The molecule has 4 aromatic rings. The van der Waals surface area contributed by atoms with Gasteiger partial charge in [0.15, 0.2) is 0 Å². The average molecular weight is 432 g/mol. The molecular weight excluding hydrogens is 412 g/mol. The Balaban J connectivity index is 1.67. The van der Waals surface area contributed by atoms with E-state index in [1.807, 2.05) is 0 Å². The van der Waals surface area contributed by atoms with Crippen LogP contribution in [0.2, 0.25) is 0 Å². The molecule has 0 amide bonds. The zero-order chi connectivity index (χ0) is 18.8. The largest absolute Gasteiger partial charge is 0.0622 e. The van der Waals surface area contributed by atoms with Crippen LogP contribution in [0.4, 0.5) is 0 Å². The fraction of sp³-hybridized carbons (Fsp3) is 0. The first-order chi connectivity index (χ1) is 13.9. The van der Waals surface area contributed by atoms with Crippen LogP contribution < -0.4 is 21.2 Å². The minimum Gasteiger partial charge on any atom is -0.0622 e. The predicted molar refractivity (Wildman–Crippen MR) is 132 cm³/mol. The second-order valence-electron chi connectivity index (χ2n) is 6.50. The van der Waals surface area contributed by atoms with Crippen molar-refractivity contribution in [1.29, 1.82) is 0 Å². The van der Waals surface area contributed by atoms with Crippen LogP contribution in [0.25, 0.3) is 0 Å². The molecule has 1 fully saturated rings. The first-order valence-electron chi connectivity index (χ1n) is 9.34. The summed E-state index contributed by atoms with van der Waals surface area (Å²) in [6.45, 7) is 0. The Bertz CT molecular complexity index is 841. The van der Waals surface area contributed by atoms with Gasteiger partial charge in [-0.05, 0) is 50.4 Å². The molecule has 0 bridgehead atoms. The molecule has 4 aromatic carbocycles. The van der Waals surface area contributed by atoms with Crippen LogP contribution in [0.5, 0.6) is 0 Å². The van der Waals surface area contributed by atoms with E-state index >= 15 is 0 Å². The lowest BCUT2D eigenvalue weighted by Crippen LogP contribution is -2.18. The van der Waals surface area contributed by atoms with E-state index in [2.05, 4.69) is 121 Å². The summed E-state index contributed by atoms with van der Waals surface area (Å²) in [5.41, 5.74) is 0. The molecule has 136 valence electrons. The smallest absolute Gasteiger partial charge is 0.00563 e. The summed E-state index contributed by atoms with van der Waals surface area (Å²) in [5.74, 6) is 0. The summed E-state index contributed by atoms with van der Waals surface area (Å²) >= 11 is 0. The Hall–Kier alpha value is -1.40. The summed E-state index contributed by atoms with van der Waals surface area (Å²) in [4.78, 5) is 0. The lowest BCUT2D eigenvalue weighted by atomic mass is 10.4. The van der Waals surface area contributed by atoms with Crippen LogP contribution in [0.1, 0.15) is 0 Å². The quantitative estimate of drug-likeness (QED) is 0.308. The summed E-state index contributed by atoms with van der Waals surface area (Å²) < 4.78 is 0. The third kappa shape index (κ3) is 3.50. The molecule has 0 saturated carbocycles. The van der Waals surface area contributed by atoms with E-state index in [9.17, 15) is 0 Å². The van der Waals surface area contributed by atoms with Crippen LogP contribution in [0.15, 0.2) is 121 Å².